The molecule has 0 fully saturated rings. The molecule has 48 valence electrons. The molecular formula is C4H13BN2S. The molecule has 0 aliphatic heterocycles. The van der Waals surface area contributed by atoms with Crippen LogP contribution in [0.2, 0.25) is 6.32 Å². The van der Waals surface area contributed by atoms with E-state index in [2.05, 4.69) is 6.92 Å². The molecular weight excluding hydrogens is 119 g/mol. The van der Waals surface area contributed by atoms with Gasteiger partial charge in [0.15, 0.2) is 0 Å². The van der Waals surface area contributed by atoms with E-state index in [9.17, 15) is 0 Å². The van der Waals surface area contributed by atoms with Crippen LogP contribution in [0.3, 0.4) is 0 Å². The molecule has 2 nitrogen and oxygen atoms in total. The Labute approximate surface area is 56.0 Å². The summed E-state index contributed by atoms with van der Waals surface area (Å²) in [5, 5.41) is 0. The summed E-state index contributed by atoms with van der Waals surface area (Å²) in [5.74, 6) is 5.46. The molecule has 0 bridgehead atoms. The summed E-state index contributed by atoms with van der Waals surface area (Å²) in [6.45, 7) is 6.24. The average Bonchev–Trinajstić information content (AvgIpc) is 1.83. The van der Waals surface area contributed by atoms with Crippen LogP contribution in [0.4, 0.5) is 0 Å². The molecule has 0 saturated carbocycles. The van der Waals surface area contributed by atoms with E-state index in [0.29, 0.717) is 0 Å². The molecule has 0 aromatic rings. The first kappa shape index (κ1) is 8.33. The SMILES string of the molecule is CCBSN(N)CC. The number of hydrogen-bond acceptors (Lipinski definition) is 3. The minimum absolute atomic E-state index is 0.921. The molecule has 0 amide bonds. The number of hydrogen-bond donors (Lipinski definition) is 1. The van der Waals surface area contributed by atoms with Gasteiger partial charge in [0, 0.05) is 6.54 Å². The van der Waals surface area contributed by atoms with Gasteiger partial charge in [-0.3, -0.25) is 5.84 Å². The number of rotatable bonds is 4. The highest BCUT2D eigenvalue weighted by atomic mass is 32.2. The molecule has 2 N–H and O–H groups in total. The molecule has 0 heterocycles. The van der Waals surface area contributed by atoms with E-state index in [1.54, 1.807) is 16.2 Å². The van der Waals surface area contributed by atoms with Gasteiger partial charge >= 0.3 is 0 Å². The van der Waals surface area contributed by atoms with Gasteiger partial charge in [-0.15, -0.1) is 11.8 Å². The van der Waals surface area contributed by atoms with Crippen molar-refractivity contribution in [3.05, 3.63) is 0 Å². The van der Waals surface area contributed by atoms with Gasteiger partial charge in [-0.2, -0.15) is 0 Å². The Morgan fingerprint density at radius 2 is 2.25 bits per heavy atom. The van der Waals surface area contributed by atoms with Gasteiger partial charge in [0.25, 0.3) is 0 Å². The summed E-state index contributed by atoms with van der Waals surface area (Å²) in [6.07, 6.45) is 1.19. The lowest BCUT2D eigenvalue weighted by molar-refractivity contribution is 0.532. The predicted octanol–water partition coefficient (Wildman–Crippen LogP) is 0.620. The van der Waals surface area contributed by atoms with Crippen molar-refractivity contribution in [3.8, 4) is 0 Å². The zero-order chi connectivity index (χ0) is 6.41. The van der Waals surface area contributed by atoms with E-state index in [-0.39, 0.29) is 0 Å². The van der Waals surface area contributed by atoms with Crippen molar-refractivity contribution < 1.29 is 0 Å². The Morgan fingerprint density at radius 1 is 1.62 bits per heavy atom. The van der Waals surface area contributed by atoms with Gasteiger partial charge in [-0.1, -0.05) is 20.2 Å². The second-order valence-corrected chi connectivity index (χ2v) is 2.70. The highest BCUT2D eigenvalue weighted by molar-refractivity contribution is 8.20. The third-order valence-corrected chi connectivity index (χ3v) is 1.95. The molecule has 0 aromatic carbocycles. The molecule has 0 atom stereocenters. The van der Waals surface area contributed by atoms with Gasteiger partial charge in [0.05, 0.1) is 0 Å². The number of nitrogens with two attached hydrogens (primary N) is 1. The summed E-state index contributed by atoms with van der Waals surface area (Å²) in [6, 6.07) is 0. The first-order chi connectivity index (χ1) is 3.81. The summed E-state index contributed by atoms with van der Waals surface area (Å²) in [5.41, 5.74) is 0. The predicted molar refractivity (Wildman–Crippen MR) is 41.8 cm³/mol. The van der Waals surface area contributed by atoms with E-state index < -0.39 is 0 Å². The Bertz CT molecular complexity index is 53.3. The van der Waals surface area contributed by atoms with Gasteiger partial charge in [-0.05, 0) is 0 Å². The molecule has 0 radical (unpaired) electrons. The Kier molecular flexibility index (Phi) is 5.70. The van der Waals surface area contributed by atoms with Crippen molar-refractivity contribution in [1.82, 2.24) is 4.41 Å². The number of nitrogens with zero attached hydrogens (tertiary/aromatic N) is 1. The first-order valence-corrected chi connectivity index (χ1v) is 3.90. The van der Waals surface area contributed by atoms with Crippen LogP contribution in [-0.2, 0) is 0 Å². The fourth-order valence-corrected chi connectivity index (χ4v) is 0.899. The van der Waals surface area contributed by atoms with Gasteiger partial charge < -0.3 is 0 Å². The Balaban J connectivity index is 2.86. The molecule has 0 spiro atoms. The minimum atomic E-state index is 0.921. The van der Waals surface area contributed by atoms with Crippen molar-refractivity contribution in [2.75, 3.05) is 6.54 Å². The molecule has 0 aliphatic rings. The van der Waals surface area contributed by atoms with E-state index in [1.807, 2.05) is 6.92 Å². The fraction of sp³-hybridized carbons (Fsp3) is 1.00. The van der Waals surface area contributed by atoms with E-state index in [0.717, 1.165) is 13.1 Å². The maximum absolute atomic E-state index is 5.46. The zero-order valence-corrected chi connectivity index (χ0v) is 6.37. The topological polar surface area (TPSA) is 29.3 Å². The van der Waals surface area contributed by atoms with E-state index in [4.69, 9.17) is 5.84 Å². The van der Waals surface area contributed by atoms with Crippen molar-refractivity contribution in [2.45, 2.75) is 20.2 Å². The summed E-state index contributed by atoms with van der Waals surface area (Å²) in [4.78, 5) is 0. The van der Waals surface area contributed by atoms with Gasteiger partial charge in [0.2, 0.25) is 6.56 Å². The summed E-state index contributed by atoms with van der Waals surface area (Å²) >= 11 is 1.69. The molecule has 0 aliphatic carbocycles. The first-order valence-electron chi connectivity index (χ1n) is 2.96. The quantitative estimate of drug-likeness (QED) is 0.263. The smallest absolute Gasteiger partial charge is 0.213 e. The molecule has 8 heavy (non-hydrogen) atoms. The Hall–Kier alpha value is 0.335. The molecule has 0 saturated heterocycles. The van der Waals surface area contributed by atoms with Crippen molar-refractivity contribution in [2.24, 2.45) is 5.84 Å². The van der Waals surface area contributed by atoms with Crippen LogP contribution < -0.4 is 5.84 Å². The summed E-state index contributed by atoms with van der Waals surface area (Å²) in [7, 11) is 0. The van der Waals surface area contributed by atoms with Crippen LogP contribution in [0.25, 0.3) is 0 Å². The third-order valence-electron chi connectivity index (χ3n) is 0.773. The molecule has 0 aromatic heterocycles. The fourth-order valence-electron chi connectivity index (χ4n) is 0.300. The van der Waals surface area contributed by atoms with Crippen LogP contribution in [0.5, 0.6) is 0 Å². The molecule has 4 heteroatoms. The van der Waals surface area contributed by atoms with Crippen LogP contribution in [-0.4, -0.2) is 17.5 Å². The maximum Gasteiger partial charge on any atom is 0.213 e. The lowest BCUT2D eigenvalue weighted by Crippen LogP contribution is -2.23. The Morgan fingerprint density at radius 3 is 2.62 bits per heavy atom. The third kappa shape index (κ3) is 4.49. The summed E-state index contributed by atoms with van der Waals surface area (Å²) < 4.78 is 1.75. The second kappa shape index (κ2) is 5.47. The van der Waals surface area contributed by atoms with Crippen LogP contribution in [0.1, 0.15) is 13.8 Å². The largest absolute Gasteiger partial charge is 0.260 e. The molecule has 0 rings (SSSR count). The van der Waals surface area contributed by atoms with Crippen molar-refractivity contribution in [3.63, 3.8) is 0 Å². The minimum Gasteiger partial charge on any atom is -0.260 e. The van der Waals surface area contributed by atoms with Crippen LogP contribution in [0, 0.1) is 0 Å². The van der Waals surface area contributed by atoms with Gasteiger partial charge in [-0.25, -0.2) is 4.41 Å². The normalized spacial score (nSPS) is 10.0. The standard InChI is InChI=1S/C4H13BN2S/c1-3-5-8-7(6)4-2/h5H,3-4,6H2,1-2H3. The zero-order valence-electron chi connectivity index (χ0n) is 5.55. The average molecular weight is 132 g/mol. The second-order valence-electron chi connectivity index (χ2n) is 1.57. The van der Waals surface area contributed by atoms with E-state index in [1.165, 1.54) is 6.32 Å². The highest BCUT2D eigenvalue weighted by Gasteiger charge is 1.92. The molecule has 0 unspecified atom stereocenters. The van der Waals surface area contributed by atoms with E-state index >= 15 is 0 Å². The number of hydrazine groups is 1. The van der Waals surface area contributed by atoms with Crippen LogP contribution in [0.15, 0.2) is 0 Å². The lowest BCUT2D eigenvalue weighted by atomic mass is 10.1. The van der Waals surface area contributed by atoms with Crippen molar-refractivity contribution >= 4 is 18.4 Å². The van der Waals surface area contributed by atoms with Gasteiger partial charge in [0.1, 0.15) is 0 Å². The van der Waals surface area contributed by atoms with Crippen LogP contribution >= 0.6 is 11.8 Å². The highest BCUT2D eigenvalue weighted by Crippen LogP contribution is 2.00. The maximum atomic E-state index is 5.46. The lowest BCUT2D eigenvalue weighted by Gasteiger charge is -2.09. The monoisotopic (exact) mass is 132 g/mol. The van der Waals surface area contributed by atoms with Crippen molar-refractivity contribution in [1.29, 1.82) is 0 Å².